The van der Waals surface area contributed by atoms with Gasteiger partial charge in [0.15, 0.2) is 0 Å². The van der Waals surface area contributed by atoms with Gasteiger partial charge in [-0.25, -0.2) is 13.1 Å². The van der Waals surface area contributed by atoms with E-state index >= 15 is 0 Å². The molecule has 1 saturated heterocycles. The second-order valence-corrected chi connectivity index (χ2v) is 7.86. The van der Waals surface area contributed by atoms with Crippen molar-refractivity contribution >= 4 is 10.0 Å². The summed E-state index contributed by atoms with van der Waals surface area (Å²) in [5.41, 5.74) is 0.681. The van der Waals surface area contributed by atoms with Gasteiger partial charge >= 0.3 is 0 Å². The number of rotatable bonds is 8. The van der Waals surface area contributed by atoms with Gasteiger partial charge in [0, 0.05) is 25.8 Å². The van der Waals surface area contributed by atoms with Gasteiger partial charge in [0.25, 0.3) is 0 Å². The summed E-state index contributed by atoms with van der Waals surface area (Å²) in [6.45, 7) is 5.50. The van der Waals surface area contributed by atoms with Crippen LogP contribution in [0.15, 0.2) is 33.7 Å². The third-order valence-corrected chi connectivity index (χ3v) is 5.87. The second-order valence-electron chi connectivity index (χ2n) is 6.09. The summed E-state index contributed by atoms with van der Waals surface area (Å²) in [7, 11) is -2.06. The first-order chi connectivity index (χ1) is 13.0. The van der Waals surface area contributed by atoms with Crippen LogP contribution in [0.1, 0.15) is 18.9 Å². The van der Waals surface area contributed by atoms with Crippen molar-refractivity contribution in [1.82, 2.24) is 19.8 Å². The number of hydrogen-bond acceptors (Lipinski definition) is 8. The molecule has 1 aliphatic rings. The largest absolute Gasteiger partial charge is 0.383 e. The van der Waals surface area contributed by atoms with Crippen molar-refractivity contribution in [2.24, 2.45) is 0 Å². The first-order valence-corrected chi connectivity index (χ1v) is 10.3. The third-order valence-electron chi connectivity index (χ3n) is 4.39. The van der Waals surface area contributed by atoms with Gasteiger partial charge in [-0.15, -0.1) is 0 Å². The van der Waals surface area contributed by atoms with Gasteiger partial charge in [-0.3, -0.25) is 4.90 Å². The van der Waals surface area contributed by atoms with Crippen molar-refractivity contribution in [3.8, 4) is 11.4 Å². The molecule has 0 saturated carbocycles. The number of hydrogen-bond donors (Lipinski definition) is 1. The van der Waals surface area contributed by atoms with Gasteiger partial charge in [0.2, 0.25) is 21.7 Å². The number of morpholine rings is 1. The number of nitrogens with one attached hydrogen (secondary N) is 1. The summed E-state index contributed by atoms with van der Waals surface area (Å²) in [5.74, 6) is 0.924. The zero-order chi connectivity index (χ0) is 19.3. The number of likely N-dealkylation sites (N-methyl/N-ethyl adjacent to an activating group) is 1. The molecule has 1 aromatic heterocycles. The van der Waals surface area contributed by atoms with E-state index in [0.717, 1.165) is 13.1 Å². The van der Waals surface area contributed by atoms with Gasteiger partial charge in [0.05, 0.1) is 24.7 Å². The lowest BCUT2D eigenvalue weighted by Crippen LogP contribution is -2.39. The fourth-order valence-electron chi connectivity index (χ4n) is 2.88. The first-order valence-electron chi connectivity index (χ1n) is 8.79. The highest BCUT2D eigenvalue weighted by molar-refractivity contribution is 7.89. The molecule has 1 fully saturated rings. The number of nitrogens with zero attached hydrogens (tertiary/aromatic N) is 3. The molecular formula is C17H24N4O5S. The van der Waals surface area contributed by atoms with Crippen LogP contribution >= 0.6 is 0 Å². The van der Waals surface area contributed by atoms with Crippen LogP contribution in [-0.4, -0.2) is 70.0 Å². The van der Waals surface area contributed by atoms with Gasteiger partial charge in [-0.05, 0) is 30.8 Å². The zero-order valence-electron chi connectivity index (χ0n) is 15.4. The maximum atomic E-state index is 12.2. The highest BCUT2D eigenvalue weighted by Gasteiger charge is 2.28. The third kappa shape index (κ3) is 4.71. The Labute approximate surface area is 158 Å². The minimum absolute atomic E-state index is 0.0605. The molecule has 0 spiro atoms. The van der Waals surface area contributed by atoms with Gasteiger partial charge < -0.3 is 14.0 Å². The van der Waals surface area contributed by atoms with Crippen LogP contribution < -0.4 is 4.72 Å². The predicted octanol–water partition coefficient (Wildman–Crippen LogP) is 1.05. The van der Waals surface area contributed by atoms with Gasteiger partial charge in [-0.1, -0.05) is 12.1 Å². The van der Waals surface area contributed by atoms with Crippen LogP contribution in [0.4, 0.5) is 0 Å². The van der Waals surface area contributed by atoms with Crippen molar-refractivity contribution < 1.29 is 22.4 Å². The molecule has 1 unspecified atom stereocenters. The lowest BCUT2D eigenvalue weighted by molar-refractivity contribution is -0.0172. The smallest absolute Gasteiger partial charge is 0.246 e. The van der Waals surface area contributed by atoms with Crippen LogP contribution in [0.5, 0.6) is 0 Å². The minimum atomic E-state index is -3.57. The summed E-state index contributed by atoms with van der Waals surface area (Å²) < 4.78 is 42.7. The Morgan fingerprint density at radius 2 is 2.11 bits per heavy atom. The van der Waals surface area contributed by atoms with E-state index in [1.54, 1.807) is 12.1 Å². The lowest BCUT2D eigenvalue weighted by Gasteiger charge is -2.31. The fourth-order valence-corrected chi connectivity index (χ4v) is 3.89. The summed E-state index contributed by atoms with van der Waals surface area (Å²) in [6, 6.07) is 6.29. The van der Waals surface area contributed by atoms with Crippen molar-refractivity contribution in [1.29, 1.82) is 0 Å². The van der Waals surface area contributed by atoms with Crippen molar-refractivity contribution in [3.63, 3.8) is 0 Å². The molecule has 1 N–H and O–H groups in total. The molecule has 9 nitrogen and oxygen atoms in total. The topological polar surface area (TPSA) is 107 Å². The molecule has 27 heavy (non-hydrogen) atoms. The number of methoxy groups -OCH3 is 1. The monoisotopic (exact) mass is 396 g/mol. The molecule has 0 amide bonds. The maximum Gasteiger partial charge on any atom is 0.246 e. The van der Waals surface area contributed by atoms with E-state index in [1.807, 2.05) is 0 Å². The number of sulfonamides is 1. The van der Waals surface area contributed by atoms with Crippen LogP contribution in [0, 0.1) is 0 Å². The molecule has 0 radical (unpaired) electrons. The average molecular weight is 396 g/mol. The average Bonchev–Trinajstić information content (AvgIpc) is 3.18. The number of aromatic nitrogens is 2. The Bertz CT molecular complexity index is 837. The van der Waals surface area contributed by atoms with E-state index in [9.17, 15) is 8.42 Å². The standard InChI is InChI=1S/C17H24N4O5S/c1-3-21-9-11-25-12-15(21)17-19-16(20-26-17)13-4-6-14(7-5-13)27(22,23)18-8-10-24-2/h4-7,15,18H,3,8-12H2,1-2H3. The molecule has 0 aliphatic carbocycles. The lowest BCUT2D eigenvalue weighted by atomic mass is 10.2. The molecule has 1 aromatic carbocycles. The Morgan fingerprint density at radius 3 is 2.81 bits per heavy atom. The van der Waals surface area contributed by atoms with E-state index in [2.05, 4.69) is 26.7 Å². The van der Waals surface area contributed by atoms with E-state index in [0.29, 0.717) is 37.1 Å². The van der Waals surface area contributed by atoms with Crippen LogP contribution in [0.3, 0.4) is 0 Å². The van der Waals surface area contributed by atoms with Crippen LogP contribution in [0.25, 0.3) is 11.4 Å². The van der Waals surface area contributed by atoms with Crippen molar-refractivity contribution in [2.45, 2.75) is 17.9 Å². The van der Waals surface area contributed by atoms with Gasteiger partial charge in [-0.2, -0.15) is 4.98 Å². The van der Waals surface area contributed by atoms with Crippen LogP contribution in [-0.2, 0) is 19.5 Å². The van der Waals surface area contributed by atoms with E-state index in [-0.39, 0.29) is 17.5 Å². The molecule has 1 atom stereocenters. The van der Waals surface area contributed by atoms with E-state index in [1.165, 1.54) is 19.2 Å². The predicted molar refractivity (Wildman–Crippen MR) is 97.6 cm³/mol. The summed E-state index contributed by atoms with van der Waals surface area (Å²) in [4.78, 5) is 6.87. The second kappa shape index (κ2) is 8.89. The molecular weight excluding hydrogens is 372 g/mol. The summed E-state index contributed by atoms with van der Waals surface area (Å²) >= 11 is 0. The van der Waals surface area contributed by atoms with Crippen LogP contribution in [0.2, 0.25) is 0 Å². The highest BCUT2D eigenvalue weighted by Crippen LogP contribution is 2.25. The van der Waals surface area contributed by atoms with E-state index < -0.39 is 10.0 Å². The Balaban J connectivity index is 1.73. The first kappa shape index (κ1) is 19.9. The highest BCUT2D eigenvalue weighted by atomic mass is 32.2. The summed E-state index contributed by atoms with van der Waals surface area (Å²) in [5, 5.41) is 4.03. The number of ether oxygens (including phenoxy) is 2. The molecule has 2 heterocycles. The molecule has 148 valence electrons. The van der Waals surface area contributed by atoms with Crippen molar-refractivity contribution in [3.05, 3.63) is 30.2 Å². The number of benzene rings is 1. The molecule has 1 aliphatic heterocycles. The normalized spacial score (nSPS) is 18.7. The Kier molecular flexibility index (Phi) is 6.55. The fraction of sp³-hybridized carbons (Fsp3) is 0.529. The Morgan fingerprint density at radius 1 is 1.33 bits per heavy atom. The van der Waals surface area contributed by atoms with Crippen molar-refractivity contribution in [2.75, 3.05) is 46.6 Å². The molecule has 10 heteroatoms. The van der Waals surface area contributed by atoms with Gasteiger partial charge in [0.1, 0.15) is 6.04 Å². The maximum absolute atomic E-state index is 12.2. The SMILES string of the molecule is CCN1CCOCC1c1nc(-c2ccc(S(=O)(=O)NCCOC)cc2)no1. The Hall–Kier alpha value is -1.85. The minimum Gasteiger partial charge on any atom is -0.383 e. The molecule has 0 bridgehead atoms. The molecule has 2 aromatic rings. The quantitative estimate of drug-likeness (QED) is 0.660. The zero-order valence-corrected chi connectivity index (χ0v) is 16.2. The van der Waals surface area contributed by atoms with E-state index in [4.69, 9.17) is 14.0 Å². The molecule has 3 rings (SSSR count). The summed E-state index contributed by atoms with van der Waals surface area (Å²) in [6.07, 6.45) is 0.